The van der Waals surface area contributed by atoms with Crippen LogP contribution in [0.4, 0.5) is 5.69 Å². The number of carbonyl (C=O) groups is 1. The molecule has 1 aromatic heterocycles. The first-order chi connectivity index (χ1) is 10.1. The Balaban J connectivity index is 2.20. The van der Waals surface area contributed by atoms with E-state index in [4.69, 9.17) is 0 Å². The van der Waals surface area contributed by atoms with Crippen LogP contribution in [0.3, 0.4) is 0 Å². The van der Waals surface area contributed by atoms with Gasteiger partial charge in [-0.1, -0.05) is 0 Å². The molecule has 0 aliphatic heterocycles. The van der Waals surface area contributed by atoms with Gasteiger partial charge >= 0.3 is 5.97 Å². The number of hydrogen-bond acceptors (Lipinski definition) is 3. The Kier molecular flexibility index (Phi) is 4.58. The number of carbonyl (C=O) groups excluding carboxylic acids is 1. The highest BCUT2D eigenvalue weighted by Gasteiger charge is 2.06. The molecule has 0 amide bonds. The first-order valence-electron chi connectivity index (χ1n) is 6.96. The summed E-state index contributed by atoms with van der Waals surface area (Å²) < 4.78 is 6.92. The largest absolute Gasteiger partial charge is 0.465 e. The number of nitrogens with zero attached hydrogens (tertiary/aromatic N) is 2. The van der Waals surface area contributed by atoms with E-state index in [1.165, 1.54) is 18.5 Å². The Morgan fingerprint density at radius 3 is 2.48 bits per heavy atom. The predicted molar refractivity (Wildman–Crippen MR) is 84.6 cm³/mol. The highest BCUT2D eigenvalue weighted by atomic mass is 16.5. The standard InChI is InChI=1S/C17H20N2O2/c1-5-19-12(2)10-15(13(19)3)11-18-16-8-6-14(7-9-16)17(20)21-4/h6-11H,5H2,1-4H3. The van der Waals surface area contributed by atoms with Crippen molar-refractivity contribution >= 4 is 17.9 Å². The minimum absolute atomic E-state index is 0.336. The number of aryl methyl sites for hydroxylation is 1. The second-order valence-corrected chi connectivity index (χ2v) is 4.87. The van der Waals surface area contributed by atoms with E-state index in [9.17, 15) is 4.79 Å². The molecule has 0 bridgehead atoms. The maximum Gasteiger partial charge on any atom is 0.337 e. The van der Waals surface area contributed by atoms with E-state index in [-0.39, 0.29) is 5.97 Å². The zero-order valence-corrected chi connectivity index (χ0v) is 12.9. The molecule has 21 heavy (non-hydrogen) atoms. The second-order valence-electron chi connectivity index (χ2n) is 4.87. The van der Waals surface area contributed by atoms with Crippen LogP contribution in [-0.2, 0) is 11.3 Å². The first kappa shape index (κ1) is 15.0. The van der Waals surface area contributed by atoms with E-state index in [1.54, 1.807) is 12.1 Å². The number of benzene rings is 1. The molecule has 0 aliphatic carbocycles. The van der Waals surface area contributed by atoms with E-state index >= 15 is 0 Å². The number of aromatic nitrogens is 1. The van der Waals surface area contributed by atoms with E-state index in [1.807, 2.05) is 18.3 Å². The van der Waals surface area contributed by atoms with Crippen LogP contribution in [0, 0.1) is 13.8 Å². The van der Waals surface area contributed by atoms with Gasteiger partial charge in [0.2, 0.25) is 0 Å². The zero-order chi connectivity index (χ0) is 15.4. The molecule has 0 unspecified atom stereocenters. The molecule has 4 nitrogen and oxygen atoms in total. The first-order valence-corrected chi connectivity index (χ1v) is 6.96. The molecule has 110 valence electrons. The summed E-state index contributed by atoms with van der Waals surface area (Å²) in [6.45, 7) is 7.28. The molecule has 0 aliphatic rings. The summed E-state index contributed by atoms with van der Waals surface area (Å²) in [6.07, 6.45) is 1.86. The third kappa shape index (κ3) is 3.21. The molecule has 0 N–H and O–H groups in total. The quantitative estimate of drug-likeness (QED) is 0.635. The van der Waals surface area contributed by atoms with Gasteiger partial charge < -0.3 is 9.30 Å². The van der Waals surface area contributed by atoms with E-state index in [0.717, 1.165) is 17.8 Å². The van der Waals surface area contributed by atoms with Crippen LogP contribution in [0.1, 0.15) is 34.2 Å². The van der Waals surface area contributed by atoms with Crippen molar-refractivity contribution < 1.29 is 9.53 Å². The van der Waals surface area contributed by atoms with E-state index < -0.39 is 0 Å². The van der Waals surface area contributed by atoms with Gasteiger partial charge in [-0.25, -0.2) is 4.79 Å². The van der Waals surface area contributed by atoms with Crippen molar-refractivity contribution in [2.75, 3.05) is 7.11 Å². The predicted octanol–water partition coefficient (Wildman–Crippen LogP) is 3.66. The van der Waals surface area contributed by atoms with Crippen molar-refractivity contribution in [3.8, 4) is 0 Å². The molecule has 0 spiro atoms. The van der Waals surface area contributed by atoms with E-state index in [2.05, 4.69) is 41.1 Å². The molecule has 1 aromatic carbocycles. The molecular weight excluding hydrogens is 264 g/mol. The highest BCUT2D eigenvalue weighted by molar-refractivity contribution is 5.90. The van der Waals surface area contributed by atoms with Crippen LogP contribution < -0.4 is 0 Å². The molecular formula is C17H20N2O2. The van der Waals surface area contributed by atoms with Crippen molar-refractivity contribution in [1.29, 1.82) is 0 Å². The average Bonchev–Trinajstić information content (AvgIpc) is 2.78. The lowest BCUT2D eigenvalue weighted by molar-refractivity contribution is 0.0601. The SMILES string of the molecule is CCn1c(C)cc(C=Nc2ccc(C(=O)OC)cc2)c1C. The smallest absolute Gasteiger partial charge is 0.337 e. The van der Waals surface area contributed by atoms with Crippen molar-refractivity contribution in [3.05, 3.63) is 52.8 Å². The summed E-state index contributed by atoms with van der Waals surface area (Å²) in [5.41, 5.74) is 4.90. The van der Waals surface area contributed by atoms with Crippen LogP contribution in [0.15, 0.2) is 35.3 Å². The summed E-state index contributed by atoms with van der Waals surface area (Å²) in [7, 11) is 1.37. The Morgan fingerprint density at radius 1 is 1.29 bits per heavy atom. The van der Waals surface area contributed by atoms with Gasteiger partial charge in [-0.05, 0) is 51.1 Å². The minimum Gasteiger partial charge on any atom is -0.465 e. The number of hydrogen-bond donors (Lipinski definition) is 0. The lowest BCUT2D eigenvalue weighted by atomic mass is 10.2. The Morgan fingerprint density at radius 2 is 1.95 bits per heavy atom. The summed E-state index contributed by atoms with van der Waals surface area (Å²) in [5, 5.41) is 0. The summed E-state index contributed by atoms with van der Waals surface area (Å²) in [4.78, 5) is 15.8. The van der Waals surface area contributed by atoms with Crippen LogP contribution >= 0.6 is 0 Å². The van der Waals surface area contributed by atoms with Crippen molar-refractivity contribution in [2.24, 2.45) is 4.99 Å². The van der Waals surface area contributed by atoms with Gasteiger partial charge in [0.1, 0.15) is 0 Å². The van der Waals surface area contributed by atoms with Gasteiger partial charge in [0.05, 0.1) is 18.4 Å². The van der Waals surface area contributed by atoms with Gasteiger partial charge in [-0.2, -0.15) is 0 Å². The lowest BCUT2D eigenvalue weighted by Gasteiger charge is -2.04. The van der Waals surface area contributed by atoms with Crippen molar-refractivity contribution in [1.82, 2.24) is 4.57 Å². The maximum absolute atomic E-state index is 11.4. The second kappa shape index (κ2) is 6.39. The number of aliphatic imine (C=N–C) groups is 1. The molecule has 0 saturated carbocycles. The van der Waals surface area contributed by atoms with Gasteiger partial charge in [0.25, 0.3) is 0 Å². The fourth-order valence-corrected chi connectivity index (χ4v) is 2.39. The Hall–Kier alpha value is -2.36. The summed E-state index contributed by atoms with van der Waals surface area (Å²) in [6, 6.07) is 9.18. The lowest BCUT2D eigenvalue weighted by Crippen LogP contribution is -2.00. The topological polar surface area (TPSA) is 43.6 Å². The molecule has 2 rings (SSSR count). The number of methoxy groups -OCH3 is 1. The monoisotopic (exact) mass is 284 g/mol. The van der Waals surface area contributed by atoms with Crippen LogP contribution in [-0.4, -0.2) is 23.9 Å². The summed E-state index contributed by atoms with van der Waals surface area (Å²) >= 11 is 0. The summed E-state index contributed by atoms with van der Waals surface area (Å²) in [5.74, 6) is -0.336. The molecule has 0 radical (unpaired) electrons. The third-order valence-corrected chi connectivity index (χ3v) is 3.57. The molecule has 0 fully saturated rings. The normalized spacial score (nSPS) is 11.0. The third-order valence-electron chi connectivity index (χ3n) is 3.57. The Labute approximate surface area is 125 Å². The van der Waals surface area contributed by atoms with Crippen LogP contribution in [0.2, 0.25) is 0 Å². The number of rotatable bonds is 4. The molecule has 1 heterocycles. The molecule has 0 saturated heterocycles. The number of ether oxygens (including phenoxy) is 1. The van der Waals surface area contributed by atoms with E-state index in [0.29, 0.717) is 5.56 Å². The van der Waals surface area contributed by atoms with Crippen LogP contribution in [0.25, 0.3) is 0 Å². The van der Waals surface area contributed by atoms with Crippen molar-refractivity contribution in [2.45, 2.75) is 27.3 Å². The fourth-order valence-electron chi connectivity index (χ4n) is 2.39. The molecule has 4 heteroatoms. The average molecular weight is 284 g/mol. The molecule has 2 aromatic rings. The van der Waals surface area contributed by atoms with Crippen molar-refractivity contribution in [3.63, 3.8) is 0 Å². The maximum atomic E-state index is 11.4. The number of esters is 1. The van der Waals surface area contributed by atoms with Gasteiger partial charge in [-0.3, -0.25) is 4.99 Å². The fraction of sp³-hybridized carbons (Fsp3) is 0.294. The Bertz CT molecular complexity index is 667. The van der Waals surface area contributed by atoms with Gasteiger partial charge in [0, 0.05) is 29.7 Å². The highest BCUT2D eigenvalue weighted by Crippen LogP contribution is 2.17. The minimum atomic E-state index is -0.336. The zero-order valence-electron chi connectivity index (χ0n) is 12.9. The molecule has 0 atom stereocenters. The van der Waals surface area contributed by atoms with Gasteiger partial charge in [0.15, 0.2) is 0 Å². The van der Waals surface area contributed by atoms with Gasteiger partial charge in [-0.15, -0.1) is 0 Å². The van der Waals surface area contributed by atoms with Crippen LogP contribution in [0.5, 0.6) is 0 Å².